The summed E-state index contributed by atoms with van der Waals surface area (Å²) in [4.78, 5) is 4.03. The van der Waals surface area contributed by atoms with E-state index in [4.69, 9.17) is 16.9 Å². The van der Waals surface area contributed by atoms with Crippen LogP contribution in [0.4, 0.5) is 0 Å². The number of hydrogen-bond acceptors (Lipinski definition) is 4. The van der Waals surface area contributed by atoms with Crippen LogP contribution >= 0.6 is 11.6 Å². The lowest BCUT2D eigenvalue weighted by atomic mass is 10.1. The Hall–Kier alpha value is -1.94. The Morgan fingerprint density at radius 1 is 1.39 bits per heavy atom. The van der Waals surface area contributed by atoms with Gasteiger partial charge in [-0.15, -0.1) is 0 Å². The van der Waals surface area contributed by atoms with E-state index < -0.39 is 10.0 Å². The molecule has 2 rings (SSSR count). The molecular formula is C16H16ClN3O2S. The second-order valence-electron chi connectivity index (χ2n) is 4.93. The summed E-state index contributed by atoms with van der Waals surface area (Å²) in [6.07, 6.45) is 3.28. The summed E-state index contributed by atoms with van der Waals surface area (Å²) in [7, 11) is -3.79. The molecule has 0 saturated heterocycles. The van der Waals surface area contributed by atoms with Crippen LogP contribution in [0.25, 0.3) is 0 Å². The highest BCUT2D eigenvalue weighted by molar-refractivity contribution is 7.89. The van der Waals surface area contributed by atoms with Crippen LogP contribution < -0.4 is 0 Å². The molecule has 0 unspecified atom stereocenters. The molecule has 1 aromatic heterocycles. The van der Waals surface area contributed by atoms with Gasteiger partial charge >= 0.3 is 0 Å². The quantitative estimate of drug-likeness (QED) is 0.829. The molecular weight excluding hydrogens is 334 g/mol. The topological polar surface area (TPSA) is 74.1 Å². The summed E-state index contributed by atoms with van der Waals surface area (Å²) in [6.45, 7) is 3.85. The normalized spacial score (nSPS) is 12.8. The molecule has 0 bridgehead atoms. The van der Waals surface area contributed by atoms with Gasteiger partial charge < -0.3 is 0 Å². The van der Waals surface area contributed by atoms with E-state index in [2.05, 4.69) is 4.98 Å². The van der Waals surface area contributed by atoms with Crippen LogP contribution in [-0.2, 0) is 10.0 Å². The molecule has 120 valence electrons. The first-order chi connectivity index (χ1) is 10.9. The van der Waals surface area contributed by atoms with Gasteiger partial charge in [-0.05, 0) is 36.8 Å². The van der Waals surface area contributed by atoms with Crippen LogP contribution in [0.5, 0.6) is 0 Å². The van der Waals surface area contributed by atoms with Gasteiger partial charge in [0.25, 0.3) is 0 Å². The van der Waals surface area contributed by atoms with Crippen LogP contribution in [0.1, 0.15) is 31.0 Å². The molecule has 5 nitrogen and oxygen atoms in total. The maximum Gasteiger partial charge on any atom is 0.245 e. The van der Waals surface area contributed by atoms with Crippen LogP contribution in [0, 0.1) is 11.3 Å². The SMILES string of the molecule is CCN([C@@H](C)c1cccnc1)S(=O)(=O)c1ccc(C#N)cc1Cl. The number of hydrogen-bond donors (Lipinski definition) is 0. The highest BCUT2D eigenvalue weighted by Gasteiger charge is 2.30. The maximum atomic E-state index is 12.9. The first-order valence-electron chi connectivity index (χ1n) is 7.03. The zero-order valence-electron chi connectivity index (χ0n) is 12.8. The Morgan fingerprint density at radius 3 is 2.65 bits per heavy atom. The number of nitrogens with zero attached hydrogens (tertiary/aromatic N) is 3. The van der Waals surface area contributed by atoms with E-state index in [1.54, 1.807) is 32.3 Å². The summed E-state index contributed by atoms with van der Waals surface area (Å²) in [6, 6.07) is 9.32. The number of aromatic nitrogens is 1. The highest BCUT2D eigenvalue weighted by Crippen LogP contribution is 2.31. The second kappa shape index (κ2) is 7.09. The minimum atomic E-state index is -3.79. The Kier molecular flexibility index (Phi) is 5.37. The molecule has 2 aromatic rings. The predicted octanol–water partition coefficient (Wildman–Crippen LogP) is 3.38. The van der Waals surface area contributed by atoms with Crippen LogP contribution in [-0.4, -0.2) is 24.3 Å². The molecule has 0 fully saturated rings. The van der Waals surface area contributed by atoms with Crippen molar-refractivity contribution >= 4 is 21.6 Å². The number of benzene rings is 1. The molecule has 0 aliphatic heterocycles. The lowest BCUT2D eigenvalue weighted by Crippen LogP contribution is -2.33. The van der Waals surface area contributed by atoms with Crippen molar-refractivity contribution in [2.45, 2.75) is 24.8 Å². The lowest BCUT2D eigenvalue weighted by molar-refractivity contribution is 0.356. The van der Waals surface area contributed by atoms with Crippen LogP contribution in [0.15, 0.2) is 47.6 Å². The molecule has 0 radical (unpaired) electrons. The van der Waals surface area contributed by atoms with E-state index in [1.165, 1.54) is 22.5 Å². The summed E-state index contributed by atoms with van der Waals surface area (Å²) in [5.74, 6) is 0. The third-order valence-corrected chi connectivity index (χ3v) is 6.09. The monoisotopic (exact) mass is 349 g/mol. The van der Waals surface area contributed by atoms with Crippen LogP contribution in [0.2, 0.25) is 5.02 Å². The number of nitriles is 1. The van der Waals surface area contributed by atoms with Gasteiger partial charge in [0.2, 0.25) is 10.0 Å². The van der Waals surface area contributed by atoms with Crippen molar-refractivity contribution in [2.24, 2.45) is 0 Å². The van der Waals surface area contributed by atoms with Crippen molar-refractivity contribution in [3.05, 3.63) is 58.9 Å². The average molecular weight is 350 g/mol. The Morgan fingerprint density at radius 2 is 2.13 bits per heavy atom. The van der Waals surface area contributed by atoms with Gasteiger partial charge in [-0.1, -0.05) is 24.6 Å². The van der Waals surface area contributed by atoms with Gasteiger partial charge in [0.1, 0.15) is 4.90 Å². The van der Waals surface area contributed by atoms with E-state index in [0.29, 0.717) is 5.56 Å². The van der Waals surface area contributed by atoms with Crippen LogP contribution in [0.3, 0.4) is 0 Å². The van der Waals surface area contributed by atoms with Gasteiger partial charge in [-0.2, -0.15) is 9.57 Å². The smallest absolute Gasteiger partial charge is 0.245 e. The van der Waals surface area contributed by atoms with Gasteiger partial charge in [-0.3, -0.25) is 4.98 Å². The average Bonchev–Trinajstić information content (AvgIpc) is 2.55. The molecule has 1 heterocycles. The molecule has 0 saturated carbocycles. The van der Waals surface area contributed by atoms with Gasteiger partial charge in [0.05, 0.1) is 16.7 Å². The van der Waals surface area contributed by atoms with E-state index in [0.717, 1.165) is 5.56 Å². The summed E-state index contributed by atoms with van der Waals surface area (Å²) in [5.41, 5.74) is 1.11. The Labute approximate surface area is 141 Å². The van der Waals surface area contributed by atoms with E-state index in [1.807, 2.05) is 12.1 Å². The largest absolute Gasteiger partial charge is 0.264 e. The molecule has 0 aliphatic rings. The third-order valence-electron chi connectivity index (χ3n) is 3.56. The van der Waals surface area contributed by atoms with E-state index in [-0.39, 0.29) is 22.5 Å². The predicted molar refractivity (Wildman–Crippen MR) is 88.4 cm³/mol. The molecule has 0 aliphatic carbocycles. The van der Waals surface area contributed by atoms with Crippen molar-refractivity contribution in [1.82, 2.24) is 9.29 Å². The second-order valence-corrected chi connectivity index (χ2v) is 7.19. The zero-order valence-corrected chi connectivity index (χ0v) is 14.3. The highest BCUT2D eigenvalue weighted by atomic mass is 35.5. The minimum absolute atomic E-state index is 0.00393. The number of pyridine rings is 1. The number of sulfonamides is 1. The fourth-order valence-electron chi connectivity index (χ4n) is 2.35. The number of halogens is 1. The maximum absolute atomic E-state index is 12.9. The van der Waals surface area contributed by atoms with E-state index in [9.17, 15) is 8.42 Å². The summed E-state index contributed by atoms with van der Waals surface area (Å²) >= 11 is 6.08. The van der Waals surface area contributed by atoms with Gasteiger partial charge in [-0.25, -0.2) is 8.42 Å². The van der Waals surface area contributed by atoms with E-state index >= 15 is 0 Å². The first-order valence-corrected chi connectivity index (χ1v) is 8.85. The van der Waals surface area contributed by atoms with Crippen molar-refractivity contribution in [2.75, 3.05) is 6.54 Å². The molecule has 0 amide bonds. The Bertz CT molecular complexity index is 832. The first kappa shape index (κ1) is 17.4. The zero-order chi connectivity index (χ0) is 17.0. The number of rotatable bonds is 5. The molecule has 1 atom stereocenters. The standard InChI is InChI=1S/C16H16ClN3O2S/c1-3-20(12(2)14-5-4-8-19-11-14)23(21,22)16-7-6-13(10-18)9-15(16)17/h4-9,11-12H,3H2,1-2H3/t12-/m0/s1. The minimum Gasteiger partial charge on any atom is -0.264 e. The molecule has 0 spiro atoms. The van der Waals surface area contributed by atoms with Gasteiger partial charge in [0.15, 0.2) is 0 Å². The van der Waals surface area contributed by atoms with Crippen molar-refractivity contribution in [3.8, 4) is 6.07 Å². The molecule has 0 N–H and O–H groups in total. The third kappa shape index (κ3) is 3.53. The molecule has 23 heavy (non-hydrogen) atoms. The fourth-order valence-corrected chi connectivity index (χ4v) is 4.50. The summed E-state index contributed by atoms with van der Waals surface area (Å²) in [5, 5.41) is 8.92. The molecule has 7 heteroatoms. The fraction of sp³-hybridized carbons (Fsp3) is 0.250. The lowest BCUT2D eigenvalue weighted by Gasteiger charge is -2.27. The Balaban J connectivity index is 2.46. The van der Waals surface area contributed by atoms with Crippen molar-refractivity contribution in [3.63, 3.8) is 0 Å². The van der Waals surface area contributed by atoms with Gasteiger partial charge in [0, 0.05) is 25.0 Å². The van der Waals surface area contributed by atoms with Crippen molar-refractivity contribution < 1.29 is 8.42 Å². The molecule has 1 aromatic carbocycles. The summed E-state index contributed by atoms with van der Waals surface area (Å²) < 4.78 is 27.2. The van der Waals surface area contributed by atoms with Crippen molar-refractivity contribution in [1.29, 1.82) is 5.26 Å².